The summed E-state index contributed by atoms with van der Waals surface area (Å²) < 4.78 is 43.1. The lowest BCUT2D eigenvalue weighted by atomic mass is 10.3. The van der Waals surface area contributed by atoms with Crippen LogP contribution in [-0.2, 0) is 27.8 Å². The van der Waals surface area contributed by atoms with Gasteiger partial charge in [0, 0.05) is 26.2 Å². The highest BCUT2D eigenvalue weighted by atomic mass is 32.2. The second kappa shape index (κ2) is 8.65. The minimum atomic E-state index is -3.77. The van der Waals surface area contributed by atoms with E-state index in [9.17, 15) is 18.0 Å². The van der Waals surface area contributed by atoms with Crippen molar-refractivity contribution in [3.8, 4) is 11.4 Å². The number of benzene rings is 2. The molecule has 5 rings (SSSR count). The van der Waals surface area contributed by atoms with Gasteiger partial charge in [-0.3, -0.25) is 0 Å². The first kappa shape index (κ1) is 21.7. The van der Waals surface area contributed by atoms with Crippen molar-refractivity contribution in [3.63, 3.8) is 0 Å². The monoisotopic (exact) mass is 472 g/mol. The van der Waals surface area contributed by atoms with Crippen molar-refractivity contribution >= 4 is 10.0 Å². The van der Waals surface area contributed by atoms with E-state index >= 15 is 0 Å². The molecule has 2 aromatic carbocycles. The number of morpholine rings is 1. The molecular formula is C22H24N4O6S. The van der Waals surface area contributed by atoms with Crippen LogP contribution in [-0.4, -0.2) is 59.1 Å². The zero-order chi connectivity index (χ0) is 23.0. The average molecular weight is 473 g/mol. The van der Waals surface area contributed by atoms with Gasteiger partial charge in [-0.05, 0) is 42.8 Å². The minimum absolute atomic E-state index is 0.0933. The molecule has 10 nitrogen and oxygen atoms in total. The Bertz CT molecular complexity index is 1320. The predicted molar refractivity (Wildman–Crippen MR) is 119 cm³/mol. The van der Waals surface area contributed by atoms with E-state index in [1.54, 1.807) is 0 Å². The van der Waals surface area contributed by atoms with E-state index < -0.39 is 27.5 Å². The van der Waals surface area contributed by atoms with E-state index in [2.05, 4.69) is 0 Å². The molecule has 0 amide bonds. The molecule has 2 aliphatic heterocycles. The van der Waals surface area contributed by atoms with Gasteiger partial charge in [0.2, 0.25) is 10.0 Å². The fraction of sp³-hybridized carbons (Fsp3) is 0.364. The lowest BCUT2D eigenvalue weighted by Gasteiger charge is -2.32. The zero-order valence-corrected chi connectivity index (χ0v) is 18.7. The maximum absolute atomic E-state index is 13.2. The van der Waals surface area contributed by atoms with Gasteiger partial charge in [0.15, 0.2) is 0 Å². The van der Waals surface area contributed by atoms with E-state index in [4.69, 9.17) is 9.47 Å². The van der Waals surface area contributed by atoms with Crippen molar-refractivity contribution in [2.24, 2.45) is 0 Å². The Morgan fingerprint density at radius 3 is 2.24 bits per heavy atom. The third-order valence-electron chi connectivity index (χ3n) is 5.87. The second-order valence-corrected chi connectivity index (χ2v) is 9.91. The number of ether oxygens (including phenoxy) is 2. The number of hydrogen-bond acceptors (Lipinski definition) is 6. The van der Waals surface area contributed by atoms with Gasteiger partial charge in [0.05, 0.1) is 17.2 Å². The largest absolute Gasteiger partial charge is 0.491 e. The van der Waals surface area contributed by atoms with E-state index in [1.807, 2.05) is 30.3 Å². The van der Waals surface area contributed by atoms with Crippen LogP contribution in [0, 0.1) is 0 Å². The Hall–Kier alpha value is -3.15. The lowest BCUT2D eigenvalue weighted by molar-refractivity contribution is -0.0249. The van der Waals surface area contributed by atoms with Crippen LogP contribution in [0.25, 0.3) is 5.69 Å². The molecule has 174 valence electrons. The van der Waals surface area contributed by atoms with Gasteiger partial charge in [-0.1, -0.05) is 18.2 Å². The van der Waals surface area contributed by atoms with Crippen LogP contribution < -0.4 is 16.1 Å². The average Bonchev–Trinajstić information content (AvgIpc) is 3.42. The molecule has 0 unspecified atom stereocenters. The third kappa shape index (κ3) is 4.03. The number of sulfonamides is 1. The molecule has 0 aliphatic carbocycles. The number of para-hydroxylation sites is 1. The topological polar surface area (TPSA) is 105 Å². The zero-order valence-electron chi connectivity index (χ0n) is 17.9. The second-order valence-electron chi connectivity index (χ2n) is 7.97. The van der Waals surface area contributed by atoms with E-state index in [0.29, 0.717) is 24.5 Å². The molecule has 0 radical (unpaired) electrons. The molecule has 0 N–H and O–H groups in total. The van der Waals surface area contributed by atoms with Crippen LogP contribution in [0.2, 0.25) is 0 Å². The Kier molecular flexibility index (Phi) is 5.69. The number of aromatic nitrogens is 3. The summed E-state index contributed by atoms with van der Waals surface area (Å²) in [5, 5.41) is 0. The van der Waals surface area contributed by atoms with Gasteiger partial charge in [-0.15, -0.1) is 0 Å². The Morgan fingerprint density at radius 1 is 0.909 bits per heavy atom. The lowest BCUT2D eigenvalue weighted by Crippen LogP contribution is -2.47. The molecule has 11 heteroatoms. The summed E-state index contributed by atoms with van der Waals surface area (Å²) in [6, 6.07) is 15.1. The normalized spacial score (nSPS) is 18.8. The number of fused-ring (bicyclic) bond motifs is 1. The standard InChI is InChI=1S/C22H24N4O6S/c27-21-24-11-4-12-25(24)22(28)26(21)17-7-9-20(10-8-17)33(29,30)23-13-14-31-19(15-23)16-32-18-5-2-1-3-6-18/h1-3,5-10,19H,4,11-16H2/t19-/m0/s1. The summed E-state index contributed by atoms with van der Waals surface area (Å²) in [4.78, 5) is 25.2. The van der Waals surface area contributed by atoms with Crippen molar-refractivity contribution in [2.45, 2.75) is 30.5 Å². The van der Waals surface area contributed by atoms with Crippen LogP contribution in [0.4, 0.5) is 0 Å². The van der Waals surface area contributed by atoms with E-state index in [-0.39, 0.29) is 31.2 Å². The fourth-order valence-electron chi connectivity index (χ4n) is 4.18. The molecule has 2 aliphatic rings. The highest BCUT2D eigenvalue weighted by Crippen LogP contribution is 2.21. The van der Waals surface area contributed by atoms with Crippen LogP contribution in [0.5, 0.6) is 5.75 Å². The summed E-state index contributed by atoms with van der Waals surface area (Å²) in [6.07, 6.45) is 0.356. The van der Waals surface area contributed by atoms with Crippen molar-refractivity contribution in [1.82, 2.24) is 18.2 Å². The van der Waals surface area contributed by atoms with Gasteiger partial charge >= 0.3 is 11.4 Å². The first-order chi connectivity index (χ1) is 15.9. The first-order valence-corrected chi connectivity index (χ1v) is 12.2. The summed E-state index contributed by atoms with van der Waals surface area (Å²) in [6.45, 7) is 1.91. The van der Waals surface area contributed by atoms with Gasteiger partial charge in [0.25, 0.3) is 0 Å². The smallest absolute Gasteiger partial charge is 0.351 e. The molecule has 1 atom stereocenters. The highest BCUT2D eigenvalue weighted by Gasteiger charge is 2.31. The number of nitrogens with zero attached hydrogens (tertiary/aromatic N) is 4. The van der Waals surface area contributed by atoms with Crippen LogP contribution >= 0.6 is 0 Å². The molecular weight excluding hydrogens is 448 g/mol. The van der Waals surface area contributed by atoms with Crippen molar-refractivity contribution in [2.75, 3.05) is 26.3 Å². The van der Waals surface area contributed by atoms with E-state index in [1.165, 1.54) is 37.9 Å². The molecule has 3 aromatic rings. The SMILES string of the molecule is O=c1n(-c2ccc(S(=O)(=O)N3CCO[C@H](COc4ccccc4)C3)cc2)c(=O)n2n1CCC2. The van der Waals surface area contributed by atoms with Crippen LogP contribution in [0.15, 0.2) is 69.1 Å². The summed E-state index contributed by atoms with van der Waals surface area (Å²) in [5.41, 5.74) is -0.487. The van der Waals surface area contributed by atoms with Gasteiger partial charge in [-0.2, -0.15) is 4.31 Å². The molecule has 0 saturated carbocycles. The highest BCUT2D eigenvalue weighted by molar-refractivity contribution is 7.89. The summed E-state index contributed by atoms with van der Waals surface area (Å²) in [7, 11) is -3.77. The van der Waals surface area contributed by atoms with Crippen molar-refractivity contribution < 1.29 is 17.9 Å². The predicted octanol–water partition coefficient (Wildman–Crippen LogP) is 0.673. The maximum Gasteiger partial charge on any atom is 0.351 e. The molecule has 33 heavy (non-hydrogen) atoms. The first-order valence-electron chi connectivity index (χ1n) is 10.8. The molecule has 0 bridgehead atoms. The third-order valence-corrected chi connectivity index (χ3v) is 7.75. The minimum Gasteiger partial charge on any atom is -0.491 e. The Balaban J connectivity index is 1.32. The van der Waals surface area contributed by atoms with Gasteiger partial charge < -0.3 is 9.47 Å². The fourth-order valence-corrected chi connectivity index (χ4v) is 5.63. The summed E-state index contributed by atoms with van der Waals surface area (Å²) in [5.74, 6) is 0.694. The molecule has 0 spiro atoms. The van der Waals surface area contributed by atoms with Crippen LogP contribution in [0.3, 0.4) is 0 Å². The maximum atomic E-state index is 13.2. The molecule has 3 heterocycles. The number of hydrogen-bond donors (Lipinski definition) is 0. The van der Waals surface area contributed by atoms with Gasteiger partial charge in [0.1, 0.15) is 18.5 Å². The van der Waals surface area contributed by atoms with E-state index in [0.717, 1.165) is 11.0 Å². The Labute approximate surface area is 190 Å². The van der Waals surface area contributed by atoms with Crippen molar-refractivity contribution in [3.05, 3.63) is 75.6 Å². The summed E-state index contributed by atoms with van der Waals surface area (Å²) >= 11 is 0. The Morgan fingerprint density at radius 2 is 1.58 bits per heavy atom. The molecule has 1 saturated heterocycles. The quantitative estimate of drug-likeness (QED) is 0.522. The van der Waals surface area contributed by atoms with Crippen LogP contribution in [0.1, 0.15) is 6.42 Å². The van der Waals surface area contributed by atoms with Crippen molar-refractivity contribution in [1.29, 1.82) is 0 Å². The number of rotatable bonds is 6. The van der Waals surface area contributed by atoms with Gasteiger partial charge in [-0.25, -0.2) is 31.9 Å². The molecule has 1 aromatic heterocycles. The molecule has 1 fully saturated rings.